The van der Waals surface area contributed by atoms with E-state index in [9.17, 15) is 9.59 Å². The summed E-state index contributed by atoms with van der Waals surface area (Å²) in [6.07, 6.45) is 0. The van der Waals surface area contributed by atoms with Crippen LogP contribution in [0, 0.1) is 0 Å². The van der Waals surface area contributed by atoms with Crippen molar-refractivity contribution < 1.29 is 19.1 Å². The molecule has 2 amide bonds. The van der Waals surface area contributed by atoms with Crippen LogP contribution >= 0.6 is 34.8 Å². The predicted octanol–water partition coefficient (Wildman–Crippen LogP) is 5.62. The lowest BCUT2D eigenvalue weighted by atomic mass is 9.99. The summed E-state index contributed by atoms with van der Waals surface area (Å²) in [6.45, 7) is 4.76. The number of carbonyl (C=O) groups is 2. The van der Waals surface area contributed by atoms with Crippen LogP contribution in [0.15, 0.2) is 60.7 Å². The number of ether oxygens (including phenoxy) is 2. The van der Waals surface area contributed by atoms with Gasteiger partial charge in [-0.3, -0.25) is 19.4 Å². The molecular formula is C29H28Cl3N3O4. The van der Waals surface area contributed by atoms with Crippen molar-refractivity contribution in [2.75, 3.05) is 44.4 Å². The van der Waals surface area contributed by atoms with Gasteiger partial charge in [-0.15, -0.1) is 0 Å². The second-order valence-corrected chi connectivity index (χ2v) is 10.8. The molecule has 3 aromatic carbocycles. The smallest absolute Gasteiger partial charge is 0.265 e. The van der Waals surface area contributed by atoms with Gasteiger partial charge in [0.15, 0.2) is 6.61 Å². The molecule has 0 bridgehead atoms. The third kappa shape index (κ3) is 6.18. The minimum atomic E-state index is -0.841. The van der Waals surface area contributed by atoms with Crippen molar-refractivity contribution in [1.82, 2.24) is 10.2 Å². The van der Waals surface area contributed by atoms with Gasteiger partial charge in [-0.1, -0.05) is 77.3 Å². The van der Waals surface area contributed by atoms with Crippen LogP contribution in [0.25, 0.3) is 11.1 Å². The van der Waals surface area contributed by atoms with Crippen LogP contribution in [0.2, 0.25) is 15.1 Å². The minimum absolute atomic E-state index is 0.202. The number of benzene rings is 3. The normalized spacial score (nSPS) is 17.2. The zero-order chi connectivity index (χ0) is 27.5. The van der Waals surface area contributed by atoms with E-state index in [1.54, 1.807) is 19.1 Å². The van der Waals surface area contributed by atoms with Gasteiger partial charge in [0.25, 0.3) is 5.91 Å². The molecule has 3 aromatic rings. The van der Waals surface area contributed by atoms with E-state index in [0.29, 0.717) is 41.2 Å². The van der Waals surface area contributed by atoms with E-state index < -0.39 is 12.1 Å². The molecule has 7 nitrogen and oxygen atoms in total. The van der Waals surface area contributed by atoms with Crippen LogP contribution in [0.5, 0.6) is 5.75 Å². The highest BCUT2D eigenvalue weighted by atomic mass is 35.5. The second-order valence-electron chi connectivity index (χ2n) is 9.54. The van der Waals surface area contributed by atoms with E-state index in [-0.39, 0.29) is 23.4 Å². The van der Waals surface area contributed by atoms with Crippen LogP contribution < -0.4 is 15.0 Å². The Kier molecular flexibility index (Phi) is 8.64. The molecule has 2 aliphatic heterocycles. The molecule has 10 heteroatoms. The number of hydrogen-bond donors (Lipinski definition) is 1. The molecule has 39 heavy (non-hydrogen) atoms. The SMILES string of the molecule is CC(C(=O)NC(CN1CCOCC1)c1ccc(-c2ccccc2)cc1Cl)N1C(=O)COc2cc(Cl)c(Cl)cc21. The maximum Gasteiger partial charge on any atom is 0.265 e. The molecule has 0 aliphatic carbocycles. The van der Waals surface area contributed by atoms with Gasteiger partial charge in [0, 0.05) is 30.7 Å². The minimum Gasteiger partial charge on any atom is -0.482 e. The number of nitrogens with zero attached hydrogens (tertiary/aromatic N) is 2. The van der Waals surface area contributed by atoms with E-state index in [1.165, 1.54) is 4.90 Å². The summed E-state index contributed by atoms with van der Waals surface area (Å²) < 4.78 is 11.1. The van der Waals surface area contributed by atoms with Crippen molar-refractivity contribution in [2.24, 2.45) is 0 Å². The molecule has 1 fully saturated rings. The number of morpholine rings is 1. The Morgan fingerprint density at radius 2 is 1.67 bits per heavy atom. The van der Waals surface area contributed by atoms with Crippen molar-refractivity contribution in [3.63, 3.8) is 0 Å². The number of halogens is 3. The van der Waals surface area contributed by atoms with Gasteiger partial charge in [0.05, 0.1) is 35.0 Å². The second kappa shape index (κ2) is 12.1. The molecule has 2 atom stereocenters. The van der Waals surface area contributed by atoms with Crippen molar-refractivity contribution in [2.45, 2.75) is 19.0 Å². The van der Waals surface area contributed by atoms with Crippen molar-refractivity contribution in [3.05, 3.63) is 81.3 Å². The van der Waals surface area contributed by atoms with E-state index in [2.05, 4.69) is 10.2 Å². The van der Waals surface area contributed by atoms with Crippen LogP contribution in [-0.4, -0.2) is 62.2 Å². The fraction of sp³-hybridized carbons (Fsp3) is 0.310. The number of fused-ring (bicyclic) bond motifs is 1. The molecule has 1 saturated heterocycles. The lowest BCUT2D eigenvalue weighted by Crippen LogP contribution is -2.53. The molecule has 204 valence electrons. The molecule has 2 aliphatic rings. The maximum absolute atomic E-state index is 13.7. The number of carbonyl (C=O) groups excluding carboxylic acids is 2. The van der Waals surface area contributed by atoms with E-state index >= 15 is 0 Å². The molecule has 5 rings (SSSR count). The first kappa shape index (κ1) is 27.7. The fourth-order valence-corrected chi connectivity index (χ4v) is 5.51. The van der Waals surface area contributed by atoms with Crippen LogP contribution in [-0.2, 0) is 14.3 Å². The van der Waals surface area contributed by atoms with Gasteiger partial charge in [-0.25, -0.2) is 0 Å². The van der Waals surface area contributed by atoms with E-state index in [0.717, 1.165) is 29.8 Å². The zero-order valence-electron chi connectivity index (χ0n) is 21.3. The van der Waals surface area contributed by atoms with Crippen LogP contribution in [0.3, 0.4) is 0 Å². The first-order valence-electron chi connectivity index (χ1n) is 12.7. The third-order valence-corrected chi connectivity index (χ3v) is 8.04. The standard InChI is InChI=1S/C29H28Cl3N3O4/c1-18(35-26-14-23(31)24(32)15-27(26)39-17-28(35)36)29(37)33-25(16-34-9-11-38-12-10-34)21-8-7-20(13-22(21)30)19-5-3-2-4-6-19/h2-8,13-15,18,25H,9-12,16-17H2,1H3,(H,33,37). The first-order valence-corrected chi connectivity index (χ1v) is 13.8. The monoisotopic (exact) mass is 587 g/mol. The molecule has 0 radical (unpaired) electrons. The topological polar surface area (TPSA) is 71.1 Å². The molecule has 0 saturated carbocycles. The lowest BCUT2D eigenvalue weighted by molar-refractivity contribution is -0.128. The molecule has 1 N–H and O–H groups in total. The number of nitrogens with one attached hydrogen (secondary N) is 1. The molecular weight excluding hydrogens is 561 g/mol. The number of amides is 2. The van der Waals surface area contributed by atoms with Crippen molar-refractivity contribution in [3.8, 4) is 16.9 Å². The first-order chi connectivity index (χ1) is 18.8. The summed E-state index contributed by atoms with van der Waals surface area (Å²) in [5.74, 6) is -0.282. The summed E-state index contributed by atoms with van der Waals surface area (Å²) in [7, 11) is 0. The van der Waals surface area contributed by atoms with E-state index in [1.807, 2.05) is 48.5 Å². The summed E-state index contributed by atoms with van der Waals surface area (Å²) in [6, 6.07) is 17.7. The Morgan fingerprint density at radius 1 is 0.949 bits per heavy atom. The summed E-state index contributed by atoms with van der Waals surface area (Å²) in [5, 5.41) is 4.28. The Hall–Kier alpha value is -2.81. The predicted molar refractivity (Wildman–Crippen MR) is 154 cm³/mol. The Balaban J connectivity index is 1.42. The zero-order valence-corrected chi connectivity index (χ0v) is 23.6. The average molecular weight is 589 g/mol. The molecule has 0 spiro atoms. The largest absolute Gasteiger partial charge is 0.482 e. The van der Waals surface area contributed by atoms with Crippen molar-refractivity contribution >= 4 is 52.3 Å². The molecule has 0 aromatic heterocycles. The quantitative estimate of drug-likeness (QED) is 0.388. The van der Waals surface area contributed by atoms with Gasteiger partial charge >= 0.3 is 0 Å². The van der Waals surface area contributed by atoms with Gasteiger partial charge in [-0.05, 0) is 35.7 Å². The number of hydrogen-bond acceptors (Lipinski definition) is 5. The number of anilines is 1. The van der Waals surface area contributed by atoms with Gasteiger partial charge < -0.3 is 14.8 Å². The highest BCUT2D eigenvalue weighted by Crippen LogP contribution is 2.40. The lowest BCUT2D eigenvalue weighted by Gasteiger charge is -2.35. The van der Waals surface area contributed by atoms with Crippen LogP contribution in [0.1, 0.15) is 18.5 Å². The van der Waals surface area contributed by atoms with Gasteiger partial charge in [0.2, 0.25) is 5.91 Å². The number of rotatable bonds is 7. The Morgan fingerprint density at radius 3 is 2.38 bits per heavy atom. The Labute approximate surface area is 242 Å². The molecule has 2 heterocycles. The maximum atomic E-state index is 13.7. The third-order valence-electron chi connectivity index (χ3n) is 6.99. The van der Waals surface area contributed by atoms with Crippen molar-refractivity contribution in [1.29, 1.82) is 0 Å². The van der Waals surface area contributed by atoms with Gasteiger partial charge in [-0.2, -0.15) is 0 Å². The van der Waals surface area contributed by atoms with Crippen LogP contribution in [0.4, 0.5) is 5.69 Å². The Bertz CT molecular complexity index is 1370. The average Bonchev–Trinajstić information content (AvgIpc) is 2.94. The highest BCUT2D eigenvalue weighted by molar-refractivity contribution is 6.42. The highest BCUT2D eigenvalue weighted by Gasteiger charge is 2.35. The van der Waals surface area contributed by atoms with Gasteiger partial charge in [0.1, 0.15) is 11.8 Å². The molecule has 2 unspecified atom stereocenters. The summed E-state index contributed by atoms with van der Waals surface area (Å²) in [5.41, 5.74) is 3.24. The summed E-state index contributed by atoms with van der Waals surface area (Å²) in [4.78, 5) is 30.2. The fourth-order valence-electron chi connectivity index (χ4n) is 4.88. The van der Waals surface area contributed by atoms with E-state index in [4.69, 9.17) is 44.3 Å². The summed E-state index contributed by atoms with van der Waals surface area (Å²) >= 11 is 19.2.